The maximum absolute atomic E-state index is 11.1. The number of benzene rings is 2. The van der Waals surface area contributed by atoms with Crippen molar-refractivity contribution in [3.63, 3.8) is 0 Å². The Balaban J connectivity index is 2.24. The van der Waals surface area contributed by atoms with Crippen LogP contribution in [-0.4, -0.2) is 11.1 Å². The molecule has 0 bridgehead atoms. The maximum atomic E-state index is 11.1. The molecule has 0 radical (unpaired) electrons. The summed E-state index contributed by atoms with van der Waals surface area (Å²) in [6.45, 7) is 4.14. The second kappa shape index (κ2) is 6.64. The molecule has 0 aliphatic rings. The molecule has 0 saturated carbocycles. The number of hydrogen-bond acceptors (Lipinski definition) is 2. The van der Waals surface area contributed by atoms with Gasteiger partial charge in [0.05, 0.1) is 16.6 Å². The predicted octanol–water partition coefficient (Wildman–Crippen LogP) is 4.91. The van der Waals surface area contributed by atoms with E-state index in [2.05, 4.69) is 43.4 Å². The van der Waals surface area contributed by atoms with E-state index in [-0.39, 0.29) is 16.6 Å². The molecule has 0 spiro atoms. The van der Waals surface area contributed by atoms with E-state index in [4.69, 9.17) is 16.7 Å². The number of carbonyl (C=O) groups is 1. The molecule has 2 rings (SSSR count). The predicted molar refractivity (Wildman–Crippen MR) is 86.2 cm³/mol. The molecule has 0 aliphatic heterocycles. The van der Waals surface area contributed by atoms with Gasteiger partial charge in [-0.1, -0.05) is 48.4 Å². The quantitative estimate of drug-likeness (QED) is 0.825. The lowest BCUT2D eigenvalue weighted by Crippen LogP contribution is -2.10. The number of aromatic carboxylic acids is 1. The van der Waals surface area contributed by atoms with E-state index in [9.17, 15) is 4.79 Å². The second-order valence-electron chi connectivity index (χ2n) is 5.02. The van der Waals surface area contributed by atoms with Crippen LogP contribution < -0.4 is 5.32 Å². The molecule has 0 fully saturated rings. The molecule has 2 N–H and O–H groups in total. The zero-order valence-electron chi connectivity index (χ0n) is 12.1. The summed E-state index contributed by atoms with van der Waals surface area (Å²) in [6.07, 6.45) is 0.897. The smallest absolute Gasteiger partial charge is 0.337 e. The molecule has 2 aromatic carbocycles. The molecular formula is C17H18ClNO2. The van der Waals surface area contributed by atoms with Gasteiger partial charge < -0.3 is 10.4 Å². The first-order valence-electron chi connectivity index (χ1n) is 6.87. The Morgan fingerprint density at radius 3 is 2.48 bits per heavy atom. The highest BCUT2D eigenvalue weighted by Crippen LogP contribution is 2.26. The van der Waals surface area contributed by atoms with Crippen LogP contribution >= 0.6 is 11.6 Å². The van der Waals surface area contributed by atoms with E-state index in [1.165, 1.54) is 11.1 Å². The van der Waals surface area contributed by atoms with E-state index < -0.39 is 5.97 Å². The first-order valence-corrected chi connectivity index (χ1v) is 7.25. The number of halogens is 1. The Kier molecular flexibility index (Phi) is 4.86. The summed E-state index contributed by atoms with van der Waals surface area (Å²) in [4.78, 5) is 11.1. The Labute approximate surface area is 129 Å². The molecule has 0 aliphatic carbocycles. The fourth-order valence-electron chi connectivity index (χ4n) is 2.20. The fraction of sp³-hybridized carbons (Fsp3) is 0.235. The minimum atomic E-state index is -1.02. The van der Waals surface area contributed by atoms with Crippen molar-refractivity contribution in [2.24, 2.45) is 0 Å². The molecule has 110 valence electrons. The minimum absolute atomic E-state index is 0.112. The van der Waals surface area contributed by atoms with Gasteiger partial charge >= 0.3 is 5.97 Å². The average molecular weight is 304 g/mol. The van der Waals surface area contributed by atoms with E-state index in [1.54, 1.807) is 18.2 Å². The van der Waals surface area contributed by atoms with Gasteiger partial charge in [0.1, 0.15) is 0 Å². The summed E-state index contributed by atoms with van der Waals surface area (Å²) < 4.78 is 0. The molecule has 21 heavy (non-hydrogen) atoms. The summed E-state index contributed by atoms with van der Waals surface area (Å²) in [6, 6.07) is 13.4. The number of carboxylic acids is 1. The first kappa shape index (κ1) is 15.4. The summed E-state index contributed by atoms with van der Waals surface area (Å²) in [5.74, 6) is -1.02. The zero-order chi connectivity index (χ0) is 15.4. The minimum Gasteiger partial charge on any atom is -0.478 e. The lowest BCUT2D eigenvalue weighted by atomic mass is 10.0. The van der Waals surface area contributed by atoms with Gasteiger partial charge in [0.2, 0.25) is 0 Å². The normalized spacial score (nSPS) is 12.0. The van der Waals surface area contributed by atoms with Gasteiger partial charge in [0, 0.05) is 5.69 Å². The molecular weight excluding hydrogens is 286 g/mol. The number of hydrogen-bond donors (Lipinski definition) is 2. The van der Waals surface area contributed by atoms with Crippen molar-refractivity contribution in [2.75, 3.05) is 5.32 Å². The van der Waals surface area contributed by atoms with Crippen LogP contribution in [0.4, 0.5) is 5.69 Å². The van der Waals surface area contributed by atoms with Crippen LogP contribution in [0.3, 0.4) is 0 Å². The molecule has 0 aromatic heterocycles. The maximum Gasteiger partial charge on any atom is 0.337 e. The summed E-state index contributed by atoms with van der Waals surface area (Å²) in [5.41, 5.74) is 3.26. The number of carboxylic acid groups (broad SMARTS) is 1. The van der Waals surface area contributed by atoms with Gasteiger partial charge in [-0.25, -0.2) is 4.79 Å². The van der Waals surface area contributed by atoms with Gasteiger partial charge in [-0.2, -0.15) is 0 Å². The molecule has 1 unspecified atom stereocenters. The van der Waals surface area contributed by atoms with Crippen LogP contribution in [0.5, 0.6) is 0 Å². The molecule has 2 aromatic rings. The van der Waals surface area contributed by atoms with E-state index in [0.29, 0.717) is 0 Å². The van der Waals surface area contributed by atoms with Crippen LogP contribution in [-0.2, 0) is 0 Å². The van der Waals surface area contributed by atoms with E-state index in [1.807, 2.05) is 0 Å². The summed E-state index contributed by atoms with van der Waals surface area (Å²) in [7, 11) is 0. The van der Waals surface area contributed by atoms with Gasteiger partial charge in [-0.3, -0.25) is 0 Å². The van der Waals surface area contributed by atoms with Crippen molar-refractivity contribution in [2.45, 2.75) is 26.3 Å². The number of anilines is 1. The van der Waals surface area contributed by atoms with Gasteiger partial charge in [-0.15, -0.1) is 0 Å². The molecule has 0 saturated heterocycles. The Morgan fingerprint density at radius 2 is 1.90 bits per heavy atom. The van der Waals surface area contributed by atoms with E-state index in [0.717, 1.165) is 12.1 Å². The Morgan fingerprint density at radius 1 is 1.24 bits per heavy atom. The van der Waals surface area contributed by atoms with Crippen molar-refractivity contribution in [1.29, 1.82) is 0 Å². The van der Waals surface area contributed by atoms with Crippen molar-refractivity contribution >= 4 is 23.3 Å². The van der Waals surface area contributed by atoms with Crippen LogP contribution in [0.2, 0.25) is 5.02 Å². The van der Waals surface area contributed by atoms with Gasteiger partial charge in [0.15, 0.2) is 0 Å². The lowest BCUT2D eigenvalue weighted by molar-refractivity contribution is 0.0697. The summed E-state index contributed by atoms with van der Waals surface area (Å²) >= 11 is 5.89. The van der Waals surface area contributed by atoms with Crippen molar-refractivity contribution in [3.8, 4) is 0 Å². The van der Waals surface area contributed by atoms with Gasteiger partial charge in [-0.05, 0) is 37.1 Å². The SMILES string of the molecule is CCC(Nc1ccc(Cl)c(C(=O)O)c1)c1ccc(C)cc1. The van der Waals surface area contributed by atoms with Gasteiger partial charge in [0.25, 0.3) is 0 Å². The largest absolute Gasteiger partial charge is 0.478 e. The third-order valence-corrected chi connectivity index (χ3v) is 3.76. The van der Waals surface area contributed by atoms with Crippen molar-refractivity contribution < 1.29 is 9.90 Å². The molecule has 0 amide bonds. The molecule has 0 heterocycles. The highest BCUT2D eigenvalue weighted by molar-refractivity contribution is 6.33. The monoisotopic (exact) mass is 303 g/mol. The molecule has 4 heteroatoms. The van der Waals surface area contributed by atoms with Crippen molar-refractivity contribution in [3.05, 3.63) is 64.2 Å². The fourth-order valence-corrected chi connectivity index (χ4v) is 2.40. The Hall–Kier alpha value is -2.00. The lowest BCUT2D eigenvalue weighted by Gasteiger charge is -2.19. The highest BCUT2D eigenvalue weighted by atomic mass is 35.5. The number of nitrogens with one attached hydrogen (secondary N) is 1. The number of aryl methyl sites for hydroxylation is 1. The highest BCUT2D eigenvalue weighted by Gasteiger charge is 2.13. The molecule has 1 atom stereocenters. The second-order valence-corrected chi connectivity index (χ2v) is 5.42. The van der Waals surface area contributed by atoms with E-state index >= 15 is 0 Å². The van der Waals surface area contributed by atoms with Crippen LogP contribution in [0.15, 0.2) is 42.5 Å². The molecule has 3 nitrogen and oxygen atoms in total. The van der Waals surface area contributed by atoms with Crippen molar-refractivity contribution in [1.82, 2.24) is 0 Å². The Bertz CT molecular complexity index is 638. The third kappa shape index (κ3) is 3.76. The van der Waals surface area contributed by atoms with Crippen LogP contribution in [0, 0.1) is 6.92 Å². The zero-order valence-corrected chi connectivity index (χ0v) is 12.8. The average Bonchev–Trinajstić information content (AvgIpc) is 2.47. The summed E-state index contributed by atoms with van der Waals surface area (Å²) in [5, 5.41) is 12.7. The van der Waals surface area contributed by atoms with Crippen LogP contribution in [0.1, 0.15) is 40.9 Å². The van der Waals surface area contributed by atoms with Crippen LogP contribution in [0.25, 0.3) is 0 Å². The number of rotatable bonds is 5. The first-order chi connectivity index (χ1) is 10.0. The topological polar surface area (TPSA) is 49.3 Å². The third-order valence-electron chi connectivity index (χ3n) is 3.43. The standard InChI is InChI=1S/C17H18ClNO2/c1-3-16(12-6-4-11(2)5-7-12)19-13-8-9-15(18)14(10-13)17(20)21/h4-10,16,19H,3H2,1-2H3,(H,20,21).